The van der Waals surface area contributed by atoms with E-state index in [4.69, 9.17) is 5.26 Å². The van der Waals surface area contributed by atoms with Crippen molar-refractivity contribution in [3.8, 4) is 6.07 Å². The number of nitrogens with one attached hydrogen (secondary N) is 3. The summed E-state index contributed by atoms with van der Waals surface area (Å²) < 4.78 is 0.593. The van der Waals surface area contributed by atoms with Crippen LogP contribution in [0.4, 0.5) is 15.6 Å². The molecule has 0 saturated carbocycles. The Hall–Kier alpha value is -2.44. The Morgan fingerprint density at radius 3 is 2.83 bits per heavy atom. The number of nitrogens with zero attached hydrogens (tertiary/aromatic N) is 2. The zero-order valence-electron chi connectivity index (χ0n) is 12.3. The lowest BCUT2D eigenvalue weighted by Crippen LogP contribution is -3.00. The van der Waals surface area contributed by atoms with Crippen LogP contribution in [-0.4, -0.2) is 17.5 Å². The number of aromatic nitrogens is 1. The lowest BCUT2D eigenvalue weighted by atomic mass is 10.0. The van der Waals surface area contributed by atoms with E-state index in [-0.39, 0.29) is 24.1 Å². The number of nitriles is 1. The SMILES string of the molecule is CCNC(=O)Nc1[nH+]c2ccc([N+](=O)[O-])c(C(C)C#N)c2s1.[Cl-]. The van der Waals surface area contributed by atoms with Crippen molar-refractivity contribution >= 4 is 38.4 Å². The Kier molecular flexibility index (Phi) is 6.24. The Labute approximate surface area is 142 Å². The van der Waals surface area contributed by atoms with Crippen LogP contribution in [0.3, 0.4) is 0 Å². The molecule has 0 bridgehead atoms. The molecule has 1 heterocycles. The molecule has 1 unspecified atom stereocenters. The van der Waals surface area contributed by atoms with Crippen LogP contribution in [0.2, 0.25) is 0 Å². The van der Waals surface area contributed by atoms with E-state index in [2.05, 4.69) is 15.6 Å². The Morgan fingerprint density at radius 2 is 2.26 bits per heavy atom. The molecule has 2 rings (SSSR count). The van der Waals surface area contributed by atoms with Gasteiger partial charge in [-0.2, -0.15) is 10.6 Å². The first-order valence-electron chi connectivity index (χ1n) is 6.55. The van der Waals surface area contributed by atoms with Gasteiger partial charge >= 0.3 is 11.2 Å². The van der Waals surface area contributed by atoms with Gasteiger partial charge in [0.1, 0.15) is 5.52 Å². The van der Waals surface area contributed by atoms with Crippen molar-refractivity contribution in [2.75, 3.05) is 11.9 Å². The molecule has 0 spiro atoms. The number of nitro benzene ring substituents is 1. The highest BCUT2D eigenvalue weighted by molar-refractivity contribution is 7.22. The maximum Gasteiger partial charge on any atom is 0.407 e. The van der Waals surface area contributed by atoms with Gasteiger partial charge in [-0.25, -0.2) is 9.78 Å². The predicted molar refractivity (Wildman–Crippen MR) is 81.8 cm³/mol. The second kappa shape index (κ2) is 7.71. The number of fused-ring (bicyclic) bond motifs is 1. The van der Waals surface area contributed by atoms with Crippen molar-refractivity contribution in [2.24, 2.45) is 0 Å². The summed E-state index contributed by atoms with van der Waals surface area (Å²) in [5.74, 6) is -0.631. The summed E-state index contributed by atoms with van der Waals surface area (Å²) in [5.41, 5.74) is 0.899. The summed E-state index contributed by atoms with van der Waals surface area (Å²) in [6, 6.07) is 4.60. The van der Waals surface area contributed by atoms with Gasteiger partial charge in [0, 0.05) is 12.6 Å². The third kappa shape index (κ3) is 3.85. The number of hydrogen-bond acceptors (Lipinski definition) is 5. The lowest BCUT2D eigenvalue weighted by molar-refractivity contribution is -0.385. The average molecular weight is 356 g/mol. The molecule has 8 nitrogen and oxygen atoms in total. The van der Waals surface area contributed by atoms with E-state index >= 15 is 0 Å². The summed E-state index contributed by atoms with van der Waals surface area (Å²) in [5, 5.41) is 26.0. The van der Waals surface area contributed by atoms with Gasteiger partial charge in [-0.3, -0.25) is 10.1 Å². The van der Waals surface area contributed by atoms with E-state index in [1.807, 2.05) is 6.07 Å². The Bertz CT molecular complexity index is 786. The fourth-order valence-electron chi connectivity index (χ4n) is 2.05. The zero-order chi connectivity index (χ0) is 16.3. The van der Waals surface area contributed by atoms with E-state index in [9.17, 15) is 14.9 Å². The number of rotatable bonds is 4. The van der Waals surface area contributed by atoms with Crippen LogP contribution in [0.5, 0.6) is 0 Å². The average Bonchev–Trinajstić information content (AvgIpc) is 2.87. The molecule has 0 aliphatic carbocycles. The highest BCUT2D eigenvalue weighted by atomic mass is 35.5. The molecular weight excluding hydrogens is 342 g/mol. The summed E-state index contributed by atoms with van der Waals surface area (Å²) >= 11 is 1.17. The summed E-state index contributed by atoms with van der Waals surface area (Å²) in [4.78, 5) is 25.2. The van der Waals surface area contributed by atoms with Crippen molar-refractivity contribution < 1.29 is 27.1 Å². The number of anilines is 1. The number of aromatic amines is 1. The lowest BCUT2D eigenvalue weighted by Gasteiger charge is -2.04. The molecule has 122 valence electrons. The number of nitro groups is 1. The van der Waals surface area contributed by atoms with E-state index in [0.29, 0.717) is 27.5 Å². The standard InChI is InChI=1S/C13H13N5O3S.ClH/c1-3-15-12(19)17-13-16-8-4-5-9(18(20)21)10(7(2)6-14)11(8)22-13;/h4-5,7H,3H2,1-2H3,(H2,15,16,17,19);1H. The fraction of sp³-hybridized carbons (Fsp3) is 0.308. The van der Waals surface area contributed by atoms with E-state index < -0.39 is 10.8 Å². The number of carbonyl (C=O) groups is 1. The molecule has 3 N–H and O–H groups in total. The molecule has 0 radical (unpaired) electrons. The summed E-state index contributed by atoms with van der Waals surface area (Å²) in [6.45, 7) is 3.89. The summed E-state index contributed by atoms with van der Waals surface area (Å²) in [6.07, 6.45) is 0. The van der Waals surface area contributed by atoms with E-state index in [0.717, 1.165) is 0 Å². The fourth-order valence-corrected chi connectivity index (χ4v) is 3.18. The minimum Gasteiger partial charge on any atom is -1.00 e. The van der Waals surface area contributed by atoms with Gasteiger partial charge < -0.3 is 17.7 Å². The van der Waals surface area contributed by atoms with Crippen LogP contribution in [-0.2, 0) is 0 Å². The number of carbonyl (C=O) groups excluding carboxylic acids is 1. The smallest absolute Gasteiger partial charge is 0.407 e. The first-order chi connectivity index (χ1) is 10.5. The summed E-state index contributed by atoms with van der Waals surface area (Å²) in [7, 11) is 0. The molecule has 2 aromatic rings. The third-order valence-electron chi connectivity index (χ3n) is 3.01. The van der Waals surface area contributed by atoms with Crippen molar-refractivity contribution in [1.82, 2.24) is 5.32 Å². The van der Waals surface area contributed by atoms with Gasteiger partial charge in [-0.1, -0.05) is 0 Å². The van der Waals surface area contributed by atoms with Gasteiger partial charge in [-0.05, 0) is 31.3 Å². The van der Waals surface area contributed by atoms with E-state index in [1.54, 1.807) is 19.9 Å². The number of urea groups is 1. The highest BCUT2D eigenvalue weighted by Crippen LogP contribution is 2.36. The van der Waals surface area contributed by atoms with Crippen LogP contribution < -0.4 is 28.0 Å². The number of amides is 2. The molecule has 0 aliphatic rings. The first kappa shape index (κ1) is 18.6. The molecule has 10 heteroatoms. The second-order valence-corrected chi connectivity index (χ2v) is 5.54. The number of hydrogen-bond donors (Lipinski definition) is 2. The van der Waals surface area contributed by atoms with Gasteiger partial charge in [0.2, 0.25) is 0 Å². The van der Waals surface area contributed by atoms with Gasteiger partial charge in [0.15, 0.2) is 0 Å². The molecule has 0 aliphatic heterocycles. The number of benzene rings is 1. The van der Waals surface area contributed by atoms with Crippen LogP contribution in [0.15, 0.2) is 12.1 Å². The van der Waals surface area contributed by atoms with Crippen LogP contribution in [0, 0.1) is 21.4 Å². The Morgan fingerprint density at radius 1 is 1.57 bits per heavy atom. The first-order valence-corrected chi connectivity index (χ1v) is 7.37. The maximum atomic E-state index is 11.5. The van der Waals surface area contributed by atoms with Gasteiger partial charge in [0.05, 0.1) is 27.2 Å². The molecule has 1 aromatic heterocycles. The molecule has 0 saturated heterocycles. The minimum atomic E-state index is -0.631. The van der Waals surface area contributed by atoms with Gasteiger partial charge in [-0.15, -0.1) is 0 Å². The maximum absolute atomic E-state index is 11.5. The Balaban J connectivity index is 0.00000264. The quantitative estimate of drug-likeness (QED) is 0.561. The van der Waals surface area contributed by atoms with Crippen molar-refractivity contribution in [3.63, 3.8) is 0 Å². The van der Waals surface area contributed by atoms with Crippen molar-refractivity contribution in [3.05, 3.63) is 27.8 Å². The minimum absolute atomic E-state index is 0. The molecule has 23 heavy (non-hydrogen) atoms. The van der Waals surface area contributed by atoms with Crippen molar-refractivity contribution in [1.29, 1.82) is 5.26 Å². The molecule has 1 atom stereocenters. The molecule has 0 fully saturated rings. The molecule has 1 aromatic carbocycles. The van der Waals surface area contributed by atoms with Crippen LogP contribution >= 0.6 is 11.3 Å². The molecular formula is C13H14ClN5O3S. The van der Waals surface area contributed by atoms with Crippen LogP contribution in [0.1, 0.15) is 25.3 Å². The highest BCUT2D eigenvalue weighted by Gasteiger charge is 2.26. The molecule has 2 amide bonds. The largest absolute Gasteiger partial charge is 1.00 e. The number of halogens is 1. The normalized spacial score (nSPS) is 11.2. The topological polar surface area (TPSA) is 122 Å². The second-order valence-electron chi connectivity index (χ2n) is 4.52. The number of thiazole rings is 1. The predicted octanol–water partition coefficient (Wildman–Crippen LogP) is -0.604. The van der Waals surface area contributed by atoms with E-state index in [1.165, 1.54) is 17.4 Å². The van der Waals surface area contributed by atoms with Crippen molar-refractivity contribution in [2.45, 2.75) is 19.8 Å². The number of H-pyrrole nitrogens is 1. The zero-order valence-corrected chi connectivity index (χ0v) is 13.9. The third-order valence-corrected chi connectivity index (χ3v) is 4.07. The monoisotopic (exact) mass is 355 g/mol. The van der Waals surface area contributed by atoms with Crippen LogP contribution in [0.25, 0.3) is 10.2 Å². The van der Waals surface area contributed by atoms with Gasteiger partial charge in [0.25, 0.3) is 5.69 Å².